The second-order valence-corrected chi connectivity index (χ2v) is 8.45. The number of hydrogen-bond donors (Lipinski definition) is 1. The highest BCUT2D eigenvalue weighted by molar-refractivity contribution is 6.30. The molecule has 1 N–H and O–H groups in total. The van der Waals surface area contributed by atoms with Gasteiger partial charge in [-0.3, -0.25) is 9.78 Å². The number of ether oxygens (including phenoxy) is 1. The molecule has 0 unspecified atom stereocenters. The van der Waals surface area contributed by atoms with E-state index in [0.717, 1.165) is 37.6 Å². The molecule has 2 aromatic rings. The number of anilines is 1. The van der Waals surface area contributed by atoms with Crippen LogP contribution in [0.3, 0.4) is 0 Å². The number of rotatable bonds is 4. The largest absolute Gasteiger partial charge is 0.369 e. The smallest absolute Gasteiger partial charge is 0.252 e. The molecule has 3 saturated heterocycles. The molecular formula is C20H22ClN5O2. The van der Waals surface area contributed by atoms with Gasteiger partial charge in [0.25, 0.3) is 5.91 Å². The zero-order valence-electron chi connectivity index (χ0n) is 15.6. The Balaban J connectivity index is 1.30. The summed E-state index contributed by atoms with van der Waals surface area (Å²) in [5, 5.41) is 3.52. The Hall–Kier alpha value is -2.25. The van der Waals surface area contributed by atoms with Crippen LogP contribution in [0, 0.1) is 18.8 Å². The highest BCUT2D eigenvalue weighted by atomic mass is 35.5. The highest BCUT2D eigenvalue weighted by Gasteiger charge is 2.63. The average molecular weight is 400 g/mol. The minimum Gasteiger partial charge on any atom is -0.369 e. The molecule has 0 aliphatic carbocycles. The number of nitrogens with zero attached hydrogens (tertiary/aromatic N) is 4. The third-order valence-corrected chi connectivity index (χ3v) is 6.52. The summed E-state index contributed by atoms with van der Waals surface area (Å²) < 4.78 is 6.45. The van der Waals surface area contributed by atoms with Crippen LogP contribution in [-0.4, -0.2) is 52.2 Å². The molecule has 3 aliphatic rings. The Labute approximate surface area is 168 Å². The molecule has 146 valence electrons. The van der Waals surface area contributed by atoms with Gasteiger partial charge in [-0.15, -0.1) is 0 Å². The fraction of sp³-hybridized carbons (Fsp3) is 0.500. The number of nitrogens with one attached hydrogen (secondary N) is 1. The Morgan fingerprint density at radius 1 is 1.46 bits per heavy atom. The third-order valence-electron chi connectivity index (χ3n) is 6.31. The Morgan fingerprint density at radius 3 is 3.18 bits per heavy atom. The molecule has 8 heteroatoms. The first kappa shape index (κ1) is 17.8. The van der Waals surface area contributed by atoms with Crippen molar-refractivity contribution in [2.24, 2.45) is 11.8 Å². The maximum Gasteiger partial charge on any atom is 0.252 e. The van der Waals surface area contributed by atoms with Crippen molar-refractivity contribution in [3.8, 4) is 0 Å². The maximum absolute atomic E-state index is 12.5. The Kier molecular flexibility index (Phi) is 4.25. The van der Waals surface area contributed by atoms with Gasteiger partial charge in [-0.1, -0.05) is 11.6 Å². The van der Waals surface area contributed by atoms with Crippen LogP contribution in [0.1, 0.15) is 28.9 Å². The van der Waals surface area contributed by atoms with E-state index in [1.807, 2.05) is 13.0 Å². The van der Waals surface area contributed by atoms with Crippen LogP contribution in [0.5, 0.6) is 0 Å². The normalized spacial score (nSPS) is 30.5. The fourth-order valence-corrected chi connectivity index (χ4v) is 5.23. The number of aryl methyl sites for hydroxylation is 1. The lowest BCUT2D eigenvalue weighted by molar-refractivity contribution is 0.0141. The number of fused-ring (bicyclic) bond motifs is 1. The molecule has 0 aromatic carbocycles. The van der Waals surface area contributed by atoms with Crippen molar-refractivity contribution < 1.29 is 9.53 Å². The monoisotopic (exact) mass is 399 g/mol. The topological polar surface area (TPSA) is 80.2 Å². The second kappa shape index (κ2) is 6.67. The first-order valence-electron chi connectivity index (χ1n) is 9.65. The summed E-state index contributed by atoms with van der Waals surface area (Å²) in [7, 11) is 0. The van der Waals surface area contributed by atoms with Crippen molar-refractivity contribution in [2.45, 2.75) is 31.5 Å². The lowest BCUT2D eigenvalue weighted by atomic mass is 9.73. The maximum atomic E-state index is 12.5. The van der Waals surface area contributed by atoms with Crippen LogP contribution < -0.4 is 10.2 Å². The van der Waals surface area contributed by atoms with Crippen LogP contribution >= 0.6 is 11.6 Å². The van der Waals surface area contributed by atoms with Gasteiger partial charge in [-0.25, -0.2) is 9.97 Å². The van der Waals surface area contributed by atoms with E-state index >= 15 is 0 Å². The molecule has 1 amide bonds. The zero-order chi connectivity index (χ0) is 19.3. The Morgan fingerprint density at radius 2 is 2.36 bits per heavy atom. The SMILES string of the molecule is Cc1ccnc(N2C[C@@H]3[C@H](CNC(=O)c4cncc(Cl)c4)[C@H]4CC[C@]3(C2)O4)n1. The molecule has 7 nitrogen and oxygen atoms in total. The number of pyridine rings is 1. The molecule has 4 atom stereocenters. The average Bonchev–Trinajstić information content (AvgIpc) is 3.34. The van der Waals surface area contributed by atoms with Crippen molar-refractivity contribution in [1.82, 2.24) is 20.3 Å². The number of amides is 1. The van der Waals surface area contributed by atoms with Gasteiger partial charge in [0.15, 0.2) is 0 Å². The Bertz CT molecular complexity index is 925. The molecular weight excluding hydrogens is 378 g/mol. The minimum atomic E-state index is -0.149. The number of hydrogen-bond acceptors (Lipinski definition) is 6. The molecule has 5 rings (SSSR count). The summed E-state index contributed by atoms with van der Waals surface area (Å²) in [5.41, 5.74) is 1.31. The molecule has 2 bridgehead atoms. The van der Waals surface area contributed by atoms with E-state index in [-0.39, 0.29) is 17.6 Å². The fourth-order valence-electron chi connectivity index (χ4n) is 5.05. The molecule has 5 heterocycles. The number of carbonyl (C=O) groups excluding carboxylic acids is 1. The van der Waals surface area contributed by atoms with E-state index in [2.05, 4.69) is 25.2 Å². The van der Waals surface area contributed by atoms with E-state index in [1.54, 1.807) is 12.3 Å². The van der Waals surface area contributed by atoms with E-state index in [0.29, 0.717) is 29.0 Å². The van der Waals surface area contributed by atoms with Gasteiger partial charge in [0, 0.05) is 49.2 Å². The van der Waals surface area contributed by atoms with Crippen LogP contribution in [0.15, 0.2) is 30.7 Å². The predicted octanol–water partition coefficient (Wildman–Crippen LogP) is 2.25. The molecule has 28 heavy (non-hydrogen) atoms. The quantitative estimate of drug-likeness (QED) is 0.849. The van der Waals surface area contributed by atoms with Crippen LogP contribution in [0.4, 0.5) is 5.95 Å². The zero-order valence-corrected chi connectivity index (χ0v) is 16.4. The lowest BCUT2D eigenvalue weighted by Crippen LogP contribution is -2.41. The van der Waals surface area contributed by atoms with E-state index in [1.165, 1.54) is 12.4 Å². The van der Waals surface area contributed by atoms with Crippen LogP contribution in [0.2, 0.25) is 5.02 Å². The van der Waals surface area contributed by atoms with Gasteiger partial charge < -0.3 is 15.0 Å². The third kappa shape index (κ3) is 2.93. The number of carbonyl (C=O) groups is 1. The standard InChI is InChI=1S/C20H22ClN5O2/c1-12-3-5-23-19(25-12)26-10-16-15(17-2-4-20(16,11-26)28-17)9-24-18(27)13-6-14(21)8-22-7-13/h3,5-8,15-17H,2,4,9-11H2,1H3,(H,24,27)/t15-,16+,17+,20+/m0/s1. The predicted molar refractivity (Wildman–Crippen MR) is 104 cm³/mol. The van der Waals surface area contributed by atoms with Gasteiger partial charge in [-0.2, -0.15) is 0 Å². The highest BCUT2D eigenvalue weighted by Crippen LogP contribution is 2.54. The van der Waals surface area contributed by atoms with E-state index in [9.17, 15) is 4.79 Å². The summed E-state index contributed by atoms with van der Waals surface area (Å²) in [6, 6.07) is 3.54. The second-order valence-electron chi connectivity index (χ2n) is 8.01. The van der Waals surface area contributed by atoms with E-state index in [4.69, 9.17) is 16.3 Å². The van der Waals surface area contributed by atoms with Gasteiger partial charge in [0.2, 0.25) is 5.95 Å². The van der Waals surface area contributed by atoms with Gasteiger partial charge in [0.05, 0.1) is 28.8 Å². The summed E-state index contributed by atoms with van der Waals surface area (Å²) >= 11 is 5.95. The number of aromatic nitrogens is 3. The molecule has 3 fully saturated rings. The minimum absolute atomic E-state index is 0.134. The first-order valence-corrected chi connectivity index (χ1v) is 10.0. The summed E-state index contributed by atoms with van der Waals surface area (Å²) in [6.07, 6.45) is 7.17. The van der Waals surface area contributed by atoms with Crippen molar-refractivity contribution in [3.63, 3.8) is 0 Å². The molecule has 3 aliphatic heterocycles. The summed E-state index contributed by atoms with van der Waals surface area (Å²) in [5.74, 6) is 1.28. The van der Waals surface area contributed by atoms with Crippen LogP contribution in [0.25, 0.3) is 0 Å². The number of halogens is 1. The lowest BCUT2D eigenvalue weighted by Gasteiger charge is -2.29. The van der Waals surface area contributed by atoms with Crippen LogP contribution in [-0.2, 0) is 4.74 Å². The summed E-state index contributed by atoms with van der Waals surface area (Å²) in [4.78, 5) is 27.7. The first-order chi connectivity index (χ1) is 13.5. The molecule has 1 spiro atoms. The van der Waals surface area contributed by atoms with Gasteiger partial charge in [-0.05, 0) is 31.9 Å². The van der Waals surface area contributed by atoms with Crippen molar-refractivity contribution in [2.75, 3.05) is 24.5 Å². The van der Waals surface area contributed by atoms with E-state index < -0.39 is 0 Å². The molecule has 0 saturated carbocycles. The van der Waals surface area contributed by atoms with Crippen molar-refractivity contribution in [1.29, 1.82) is 0 Å². The van der Waals surface area contributed by atoms with Gasteiger partial charge >= 0.3 is 0 Å². The molecule has 2 aromatic heterocycles. The van der Waals surface area contributed by atoms with Crippen molar-refractivity contribution in [3.05, 3.63) is 47.0 Å². The summed E-state index contributed by atoms with van der Waals surface area (Å²) in [6.45, 7) is 4.25. The molecule has 0 radical (unpaired) electrons. The van der Waals surface area contributed by atoms with Gasteiger partial charge in [0.1, 0.15) is 0 Å². The van der Waals surface area contributed by atoms with Crippen molar-refractivity contribution >= 4 is 23.5 Å².